The van der Waals surface area contributed by atoms with Gasteiger partial charge in [0.25, 0.3) is 47.3 Å². The van der Waals surface area contributed by atoms with Crippen molar-refractivity contribution in [1.82, 2.24) is 19.6 Å². The first kappa shape index (κ1) is 60.4. The number of imide groups is 4. The van der Waals surface area contributed by atoms with Crippen molar-refractivity contribution in [3.63, 3.8) is 0 Å². The molecule has 96 heavy (non-hydrogen) atoms. The summed E-state index contributed by atoms with van der Waals surface area (Å²) in [6.45, 7) is 17.5. The summed E-state index contributed by atoms with van der Waals surface area (Å²) in [7, 11) is 0. The van der Waals surface area contributed by atoms with Gasteiger partial charge in [-0.2, -0.15) is 0 Å². The van der Waals surface area contributed by atoms with E-state index in [1.165, 1.54) is 19.6 Å². The number of piperidine rings is 1. The molecule has 5 aliphatic heterocycles. The predicted octanol–water partition coefficient (Wildman–Crippen LogP) is 16.7. The zero-order valence-electron chi connectivity index (χ0n) is 55.3. The molecule has 16 rings (SSSR count). The normalized spacial score (nSPS) is 15.7. The van der Waals surface area contributed by atoms with Gasteiger partial charge in [-0.25, -0.2) is 0 Å². The number of hydrogen-bond donors (Lipinski definition) is 0. The fraction of sp³-hybridized carbons (Fsp3) is 0.301. The quantitative estimate of drug-likeness (QED) is 0.0475. The molecule has 8 amide bonds. The molecule has 0 atom stereocenters. The first-order valence-corrected chi connectivity index (χ1v) is 34.6. The molecule has 5 aliphatic rings. The van der Waals surface area contributed by atoms with Crippen LogP contribution in [0.1, 0.15) is 231 Å². The molecule has 0 N–H and O–H groups in total. The summed E-state index contributed by atoms with van der Waals surface area (Å²) in [5.74, 6) is 11.2. The van der Waals surface area contributed by atoms with Crippen LogP contribution >= 0.6 is 0 Å². The molecule has 0 unspecified atom stereocenters. The third kappa shape index (κ3) is 8.25. The maximum Gasteiger partial charge on any atom is 0.261 e. The van der Waals surface area contributed by atoms with E-state index in [1.807, 2.05) is 159 Å². The predicted molar refractivity (Wildman–Crippen MR) is 379 cm³/mol. The van der Waals surface area contributed by atoms with E-state index in [0.717, 1.165) is 91.9 Å². The standard InChI is InChI=1S/C83H71N5O8/c1-9-47(10-2)85-76(89)56-33-28-51-52-29-34-58-69-61(81(94)86(78(58)91)48(11-3)12-4)40-45(65(73(52)69)53-30-35-57(77(85)90)68(56)67(51)53)26-24-43-20-22-44(23-21-43)25-27-46-41-62-70-59(79(92)87(82(62)95)49(13-5)14-6)37-32-55-72-64(84-38-18-17-19-39-84)42-63-71-60(36-31-54(75(71)72)66(46)74(55)70)80(93)88(83(63)96)50(15-7)16-8/h20-23,28-37,40-42,47-50H,9-19,38-39H2,1-8H3. The van der Waals surface area contributed by atoms with E-state index in [2.05, 4.69) is 28.6 Å². The van der Waals surface area contributed by atoms with Crippen LogP contribution in [0.3, 0.4) is 0 Å². The van der Waals surface area contributed by atoms with Gasteiger partial charge in [-0.1, -0.05) is 109 Å². The number of carbonyl (C=O) groups excluding carboxylic acids is 8. The van der Waals surface area contributed by atoms with E-state index >= 15 is 9.59 Å². The van der Waals surface area contributed by atoms with Crippen LogP contribution < -0.4 is 4.90 Å². The highest BCUT2D eigenvalue weighted by Gasteiger charge is 2.44. The monoisotopic (exact) mass is 1270 g/mol. The first-order valence-electron chi connectivity index (χ1n) is 34.6. The molecule has 1 fully saturated rings. The number of amides is 8. The summed E-state index contributed by atoms with van der Waals surface area (Å²) in [4.78, 5) is 127. The van der Waals surface area contributed by atoms with E-state index < -0.39 is 0 Å². The summed E-state index contributed by atoms with van der Waals surface area (Å²) in [6, 6.07) is 30.9. The minimum atomic E-state index is -0.381. The number of anilines is 1. The van der Waals surface area contributed by atoms with Gasteiger partial charge in [-0.15, -0.1) is 0 Å². The van der Waals surface area contributed by atoms with Gasteiger partial charge < -0.3 is 4.90 Å². The molecule has 476 valence electrons. The Kier molecular flexibility index (Phi) is 14.2. The van der Waals surface area contributed by atoms with E-state index in [1.54, 1.807) is 0 Å². The molecule has 5 heterocycles. The highest BCUT2D eigenvalue weighted by Crippen LogP contribution is 2.53. The van der Waals surface area contributed by atoms with E-state index in [-0.39, 0.29) is 71.4 Å². The molecular weight excluding hydrogens is 1190 g/mol. The highest BCUT2D eigenvalue weighted by molar-refractivity contribution is 6.45. The number of carbonyl (C=O) groups is 8. The van der Waals surface area contributed by atoms with Gasteiger partial charge in [0.05, 0.1) is 5.56 Å². The van der Waals surface area contributed by atoms with E-state index in [0.29, 0.717) is 150 Å². The van der Waals surface area contributed by atoms with E-state index in [9.17, 15) is 28.8 Å². The molecule has 13 heteroatoms. The van der Waals surface area contributed by atoms with Crippen molar-refractivity contribution in [1.29, 1.82) is 0 Å². The summed E-state index contributed by atoms with van der Waals surface area (Å²) in [6.07, 6.45) is 7.87. The van der Waals surface area contributed by atoms with Crippen LogP contribution in [0.15, 0.2) is 103 Å². The Hall–Kier alpha value is -10.5. The van der Waals surface area contributed by atoms with Gasteiger partial charge >= 0.3 is 0 Å². The molecule has 0 bridgehead atoms. The average Bonchev–Trinajstić information content (AvgIpc) is 0.689. The Morgan fingerprint density at radius 3 is 0.927 bits per heavy atom. The molecule has 0 radical (unpaired) electrons. The molecule has 0 aromatic heterocycles. The van der Waals surface area contributed by atoms with Gasteiger partial charge in [0.2, 0.25) is 0 Å². The smallest absolute Gasteiger partial charge is 0.261 e. The van der Waals surface area contributed by atoms with Gasteiger partial charge in [-0.05, 0) is 176 Å². The topological polar surface area (TPSA) is 153 Å². The Morgan fingerprint density at radius 1 is 0.281 bits per heavy atom. The van der Waals surface area contributed by atoms with Crippen molar-refractivity contribution in [2.45, 2.75) is 150 Å². The SMILES string of the molecule is CCC(CC)N1C(=O)c2ccc3c4ccc5c6c(cc(C#Cc7ccc(C#Cc8cc9c%10c(ccc%11c%12c(N%13CCCCC%13)cc%13c%14c(ccc(c8c%10%11)c%14%12)C(=O)N(C(CC)CC)C%13=O)C(=O)N(C(CC)CC)C9=O)cc7)c(c7ccc(c2c37)C1=O)c64)C(=O)N(C(CC)CC)C5=O. The van der Waals surface area contributed by atoms with Crippen LogP contribution in [-0.2, 0) is 0 Å². The first-order chi connectivity index (χ1) is 46.7. The number of benzene rings is 11. The molecule has 0 aliphatic carbocycles. The maximum atomic E-state index is 15.2. The number of rotatable bonds is 13. The van der Waals surface area contributed by atoms with Gasteiger partial charge in [0, 0.05) is 158 Å². The summed E-state index contributed by atoms with van der Waals surface area (Å²) in [5, 5.41) is 11.5. The highest BCUT2D eigenvalue weighted by atomic mass is 16.2. The second-order valence-electron chi connectivity index (χ2n) is 26.7. The van der Waals surface area contributed by atoms with Gasteiger partial charge in [-0.3, -0.25) is 58.0 Å². The molecule has 0 saturated carbocycles. The largest absolute Gasteiger partial charge is 0.371 e. The fourth-order valence-corrected chi connectivity index (χ4v) is 17.3. The minimum absolute atomic E-state index is 0.266. The van der Waals surface area contributed by atoms with Crippen molar-refractivity contribution in [2.24, 2.45) is 0 Å². The van der Waals surface area contributed by atoms with Crippen molar-refractivity contribution >= 4 is 139 Å². The van der Waals surface area contributed by atoms with Gasteiger partial charge in [0.15, 0.2) is 0 Å². The molecule has 0 spiro atoms. The van der Waals surface area contributed by atoms with Crippen molar-refractivity contribution < 1.29 is 38.4 Å². The van der Waals surface area contributed by atoms with Crippen LogP contribution in [0, 0.1) is 23.7 Å². The zero-order valence-corrected chi connectivity index (χ0v) is 55.3. The Morgan fingerprint density at radius 2 is 0.562 bits per heavy atom. The minimum Gasteiger partial charge on any atom is -0.371 e. The van der Waals surface area contributed by atoms with E-state index in [4.69, 9.17) is 0 Å². The second-order valence-corrected chi connectivity index (χ2v) is 26.7. The van der Waals surface area contributed by atoms with Gasteiger partial charge in [0.1, 0.15) is 0 Å². The molecule has 11 aromatic rings. The lowest BCUT2D eigenvalue weighted by Crippen LogP contribution is -2.47. The van der Waals surface area contributed by atoms with Crippen molar-refractivity contribution in [3.8, 4) is 23.7 Å². The van der Waals surface area contributed by atoms with Crippen molar-refractivity contribution in [3.05, 3.63) is 170 Å². The molecule has 13 nitrogen and oxygen atoms in total. The summed E-state index contributed by atoms with van der Waals surface area (Å²) < 4.78 is 0. The molecule has 1 saturated heterocycles. The lowest BCUT2D eigenvalue weighted by Gasteiger charge is -2.37. The number of hydrogen-bond acceptors (Lipinski definition) is 9. The second kappa shape index (κ2) is 22.6. The maximum absolute atomic E-state index is 15.2. The third-order valence-electron chi connectivity index (χ3n) is 22.2. The fourth-order valence-electron chi connectivity index (χ4n) is 17.3. The summed E-state index contributed by atoms with van der Waals surface area (Å²) >= 11 is 0. The number of fused-ring (bicyclic) bond motifs is 4. The van der Waals surface area contributed by atoms with Crippen LogP contribution in [0.2, 0.25) is 0 Å². The van der Waals surface area contributed by atoms with Crippen molar-refractivity contribution in [2.75, 3.05) is 18.0 Å². The van der Waals surface area contributed by atoms with Crippen LogP contribution in [-0.4, -0.2) is 104 Å². The average molecular weight is 1270 g/mol. The number of nitrogens with zero attached hydrogens (tertiary/aromatic N) is 5. The molecular formula is C83H71N5O8. The lowest BCUT2D eigenvalue weighted by atomic mass is 9.79. The zero-order chi connectivity index (χ0) is 66.6. The summed E-state index contributed by atoms with van der Waals surface area (Å²) in [5.41, 5.74) is 6.78. The lowest BCUT2D eigenvalue weighted by molar-refractivity contribution is 0.0514. The van der Waals surface area contributed by atoms with Crippen LogP contribution in [0.4, 0.5) is 5.69 Å². The Balaban J connectivity index is 0.885. The molecule has 11 aromatic carbocycles. The van der Waals surface area contributed by atoms with Crippen LogP contribution in [0.25, 0.3) is 86.2 Å². The Bertz CT molecular complexity index is 5480. The third-order valence-corrected chi connectivity index (χ3v) is 22.2. The Labute approximate surface area is 556 Å². The van der Waals surface area contributed by atoms with Crippen LogP contribution in [0.5, 0.6) is 0 Å².